The Morgan fingerprint density at radius 1 is 1.35 bits per heavy atom. The molecule has 1 rings (SSSR count). The van der Waals surface area contributed by atoms with E-state index in [4.69, 9.17) is 4.74 Å². The summed E-state index contributed by atoms with van der Waals surface area (Å²) >= 11 is 0. The predicted molar refractivity (Wildman–Crippen MR) is 69.2 cm³/mol. The number of para-hydroxylation sites is 1. The number of nitrogens with one attached hydrogen (secondary N) is 1. The van der Waals surface area contributed by atoms with Gasteiger partial charge in [0.2, 0.25) is 0 Å². The Bertz CT molecular complexity index is 363. The van der Waals surface area contributed by atoms with Crippen molar-refractivity contribution in [3.05, 3.63) is 29.8 Å². The average Bonchev–Trinajstić information content (AvgIpc) is 2.36. The lowest BCUT2D eigenvalue weighted by Gasteiger charge is -2.13. The van der Waals surface area contributed by atoms with Gasteiger partial charge in [0.25, 0.3) is 5.91 Å². The van der Waals surface area contributed by atoms with Crippen LogP contribution in [0.15, 0.2) is 24.3 Å². The van der Waals surface area contributed by atoms with Crippen molar-refractivity contribution < 1.29 is 9.53 Å². The Labute approximate surface area is 103 Å². The molecule has 0 bridgehead atoms. The van der Waals surface area contributed by atoms with E-state index in [1.165, 1.54) is 0 Å². The molecule has 1 atom stereocenters. The van der Waals surface area contributed by atoms with Crippen LogP contribution in [0.5, 0.6) is 5.75 Å². The number of benzene rings is 1. The number of hydrogen-bond donors (Lipinski definition) is 1. The van der Waals surface area contributed by atoms with Crippen LogP contribution >= 0.6 is 0 Å². The fourth-order valence-electron chi connectivity index (χ4n) is 1.50. The molecule has 1 aromatic rings. The third-order valence-corrected chi connectivity index (χ3v) is 2.73. The van der Waals surface area contributed by atoms with Crippen molar-refractivity contribution in [1.29, 1.82) is 0 Å². The number of carbonyl (C=O) groups excluding carboxylic acids is 1. The highest BCUT2D eigenvalue weighted by Crippen LogP contribution is 2.17. The normalized spacial score (nSPS) is 11.9. The molecule has 3 nitrogen and oxygen atoms in total. The molecule has 0 unspecified atom stereocenters. The van der Waals surface area contributed by atoms with Crippen molar-refractivity contribution in [2.24, 2.45) is 0 Å². The predicted octanol–water partition coefficient (Wildman–Crippen LogP) is 2.54. The number of ether oxygens (including phenoxy) is 1. The van der Waals surface area contributed by atoms with Crippen LogP contribution in [0.2, 0.25) is 0 Å². The molecule has 0 spiro atoms. The van der Waals surface area contributed by atoms with Crippen molar-refractivity contribution >= 4 is 5.91 Å². The Morgan fingerprint density at radius 3 is 2.71 bits per heavy atom. The van der Waals surface area contributed by atoms with Gasteiger partial charge in [-0.3, -0.25) is 4.79 Å². The van der Waals surface area contributed by atoms with Gasteiger partial charge in [0.05, 0.1) is 0 Å². The van der Waals surface area contributed by atoms with E-state index in [0.29, 0.717) is 0 Å². The summed E-state index contributed by atoms with van der Waals surface area (Å²) in [4.78, 5) is 11.5. The number of carbonyl (C=O) groups is 1. The smallest absolute Gasteiger partial charge is 0.258 e. The first-order valence-corrected chi connectivity index (χ1v) is 6.17. The van der Waals surface area contributed by atoms with E-state index in [9.17, 15) is 4.79 Å². The summed E-state index contributed by atoms with van der Waals surface area (Å²) < 4.78 is 5.52. The SMILES string of the molecule is CCc1ccccc1OCC(=O)N[C@@H](C)CC. The maximum Gasteiger partial charge on any atom is 0.258 e. The van der Waals surface area contributed by atoms with Crippen LogP contribution in [0.4, 0.5) is 0 Å². The Hall–Kier alpha value is -1.51. The monoisotopic (exact) mass is 235 g/mol. The summed E-state index contributed by atoms with van der Waals surface area (Å²) in [7, 11) is 0. The molecule has 0 aromatic heterocycles. The lowest BCUT2D eigenvalue weighted by atomic mass is 10.1. The molecule has 0 aliphatic rings. The van der Waals surface area contributed by atoms with Gasteiger partial charge in [-0.15, -0.1) is 0 Å². The molecule has 0 saturated heterocycles. The largest absolute Gasteiger partial charge is 0.483 e. The minimum absolute atomic E-state index is 0.0646. The number of rotatable bonds is 6. The van der Waals surface area contributed by atoms with Crippen LogP contribution in [0.25, 0.3) is 0 Å². The molecule has 0 fully saturated rings. The molecule has 94 valence electrons. The van der Waals surface area contributed by atoms with Crippen LogP contribution in [-0.2, 0) is 11.2 Å². The van der Waals surface area contributed by atoms with E-state index in [-0.39, 0.29) is 18.6 Å². The fraction of sp³-hybridized carbons (Fsp3) is 0.500. The fourth-order valence-corrected chi connectivity index (χ4v) is 1.50. The second-order valence-electron chi connectivity index (χ2n) is 4.13. The maximum absolute atomic E-state index is 11.5. The molecular weight excluding hydrogens is 214 g/mol. The van der Waals surface area contributed by atoms with Crippen molar-refractivity contribution in [3.63, 3.8) is 0 Å². The van der Waals surface area contributed by atoms with Gasteiger partial charge in [-0.25, -0.2) is 0 Å². The highest BCUT2D eigenvalue weighted by atomic mass is 16.5. The molecule has 1 N–H and O–H groups in total. The quantitative estimate of drug-likeness (QED) is 0.823. The third kappa shape index (κ3) is 4.47. The van der Waals surface area contributed by atoms with Crippen molar-refractivity contribution in [3.8, 4) is 5.75 Å². The van der Waals surface area contributed by atoms with Gasteiger partial charge in [-0.05, 0) is 31.4 Å². The molecule has 0 radical (unpaired) electrons. The lowest BCUT2D eigenvalue weighted by Crippen LogP contribution is -2.35. The van der Waals surface area contributed by atoms with E-state index in [1.807, 2.05) is 38.1 Å². The van der Waals surface area contributed by atoms with Gasteiger partial charge in [-0.2, -0.15) is 0 Å². The Kier molecular flexibility index (Phi) is 5.53. The molecule has 0 aliphatic heterocycles. The molecule has 17 heavy (non-hydrogen) atoms. The molecule has 1 amide bonds. The minimum Gasteiger partial charge on any atom is -0.483 e. The first kappa shape index (κ1) is 13.6. The minimum atomic E-state index is -0.0646. The van der Waals surface area contributed by atoms with Gasteiger partial charge in [-0.1, -0.05) is 32.0 Å². The van der Waals surface area contributed by atoms with Crippen molar-refractivity contribution in [1.82, 2.24) is 5.32 Å². The highest BCUT2D eigenvalue weighted by Gasteiger charge is 2.07. The van der Waals surface area contributed by atoms with Crippen molar-refractivity contribution in [2.75, 3.05) is 6.61 Å². The number of amides is 1. The molecule has 1 aromatic carbocycles. The van der Waals surface area contributed by atoms with Crippen LogP contribution in [0, 0.1) is 0 Å². The van der Waals surface area contributed by atoms with Crippen molar-refractivity contribution in [2.45, 2.75) is 39.7 Å². The molecule has 0 saturated carbocycles. The van der Waals surface area contributed by atoms with Gasteiger partial charge in [0, 0.05) is 6.04 Å². The van der Waals surface area contributed by atoms with Crippen LogP contribution in [0.3, 0.4) is 0 Å². The van der Waals surface area contributed by atoms with Crippen LogP contribution in [-0.4, -0.2) is 18.6 Å². The van der Waals surface area contributed by atoms with Gasteiger partial charge < -0.3 is 10.1 Å². The average molecular weight is 235 g/mol. The third-order valence-electron chi connectivity index (χ3n) is 2.73. The summed E-state index contributed by atoms with van der Waals surface area (Å²) in [6, 6.07) is 8.01. The molecular formula is C14H21NO2. The zero-order valence-electron chi connectivity index (χ0n) is 10.8. The van der Waals surface area contributed by atoms with Crippen LogP contribution in [0.1, 0.15) is 32.8 Å². The van der Waals surface area contributed by atoms with E-state index in [1.54, 1.807) is 0 Å². The first-order chi connectivity index (χ1) is 8.17. The van der Waals surface area contributed by atoms with E-state index >= 15 is 0 Å². The Balaban J connectivity index is 2.47. The summed E-state index contributed by atoms with van der Waals surface area (Å²) in [5.41, 5.74) is 1.13. The summed E-state index contributed by atoms with van der Waals surface area (Å²) in [5.74, 6) is 0.736. The summed E-state index contributed by atoms with van der Waals surface area (Å²) in [6.07, 6.45) is 1.83. The number of hydrogen-bond acceptors (Lipinski definition) is 2. The Morgan fingerprint density at radius 2 is 2.06 bits per heavy atom. The van der Waals surface area contributed by atoms with E-state index in [2.05, 4.69) is 12.2 Å². The zero-order valence-corrected chi connectivity index (χ0v) is 10.8. The topological polar surface area (TPSA) is 38.3 Å². The van der Waals surface area contributed by atoms with Gasteiger partial charge >= 0.3 is 0 Å². The van der Waals surface area contributed by atoms with Gasteiger partial charge in [0.1, 0.15) is 5.75 Å². The lowest BCUT2D eigenvalue weighted by molar-refractivity contribution is -0.123. The summed E-state index contributed by atoms with van der Waals surface area (Å²) in [6.45, 7) is 6.18. The zero-order chi connectivity index (χ0) is 12.7. The van der Waals surface area contributed by atoms with Crippen LogP contribution < -0.4 is 10.1 Å². The van der Waals surface area contributed by atoms with E-state index in [0.717, 1.165) is 24.2 Å². The summed E-state index contributed by atoms with van der Waals surface area (Å²) in [5, 5.41) is 2.87. The first-order valence-electron chi connectivity index (χ1n) is 6.17. The standard InChI is InChI=1S/C14H21NO2/c1-4-11(3)15-14(16)10-17-13-9-7-6-8-12(13)5-2/h6-9,11H,4-5,10H2,1-3H3,(H,15,16)/t11-/m0/s1. The molecule has 0 heterocycles. The maximum atomic E-state index is 11.5. The van der Waals surface area contributed by atoms with Gasteiger partial charge in [0.15, 0.2) is 6.61 Å². The molecule has 3 heteroatoms. The van der Waals surface area contributed by atoms with E-state index < -0.39 is 0 Å². The second kappa shape index (κ2) is 6.94. The second-order valence-corrected chi connectivity index (χ2v) is 4.13. The highest BCUT2D eigenvalue weighted by molar-refractivity contribution is 5.77. The number of aryl methyl sites for hydroxylation is 1. The molecule has 0 aliphatic carbocycles.